The Morgan fingerprint density at radius 3 is 2.56 bits per heavy atom. The molecule has 0 aliphatic carbocycles. The van der Waals surface area contributed by atoms with E-state index in [9.17, 15) is 9.59 Å². The minimum absolute atomic E-state index is 0.127. The summed E-state index contributed by atoms with van der Waals surface area (Å²) in [4.78, 5) is 24.0. The highest BCUT2D eigenvalue weighted by atomic mass is 32.1. The molecule has 1 heterocycles. The minimum Gasteiger partial charge on any atom is -0.462 e. The van der Waals surface area contributed by atoms with Gasteiger partial charge in [0, 0.05) is 11.1 Å². The molecule has 0 radical (unpaired) electrons. The SMILES string of the molecule is CCCOC(=O)c1ccc(NC(=S)NC(=O)c2cc3ccccc3o2)cc1. The molecule has 1 aromatic heterocycles. The zero-order chi connectivity index (χ0) is 19.2. The number of carbonyl (C=O) groups excluding carboxylic acids is 2. The van der Waals surface area contributed by atoms with E-state index in [0.717, 1.165) is 11.8 Å². The molecule has 1 amide bonds. The van der Waals surface area contributed by atoms with Crippen molar-refractivity contribution in [3.8, 4) is 0 Å². The van der Waals surface area contributed by atoms with Crippen LogP contribution in [-0.2, 0) is 4.74 Å². The number of rotatable bonds is 5. The number of benzene rings is 2. The molecule has 27 heavy (non-hydrogen) atoms. The topological polar surface area (TPSA) is 80.6 Å². The second-order valence-electron chi connectivity index (χ2n) is 5.77. The van der Waals surface area contributed by atoms with E-state index < -0.39 is 5.91 Å². The lowest BCUT2D eigenvalue weighted by atomic mass is 10.2. The van der Waals surface area contributed by atoms with Gasteiger partial charge in [-0.25, -0.2) is 4.79 Å². The van der Waals surface area contributed by atoms with Gasteiger partial charge in [-0.05, 0) is 55.0 Å². The van der Waals surface area contributed by atoms with Crippen molar-refractivity contribution in [2.45, 2.75) is 13.3 Å². The Bertz CT molecular complexity index is 946. The molecule has 0 aliphatic heterocycles. The molecule has 2 N–H and O–H groups in total. The molecule has 6 nitrogen and oxygen atoms in total. The number of thiocarbonyl (C=S) groups is 1. The molecule has 0 bridgehead atoms. The summed E-state index contributed by atoms with van der Waals surface area (Å²) >= 11 is 5.16. The first-order valence-electron chi connectivity index (χ1n) is 8.45. The zero-order valence-corrected chi connectivity index (χ0v) is 15.5. The van der Waals surface area contributed by atoms with Crippen molar-refractivity contribution in [1.29, 1.82) is 0 Å². The van der Waals surface area contributed by atoms with E-state index in [1.807, 2.05) is 25.1 Å². The fourth-order valence-corrected chi connectivity index (χ4v) is 2.60. The Kier molecular flexibility index (Phi) is 5.83. The summed E-state index contributed by atoms with van der Waals surface area (Å²) in [5.41, 5.74) is 1.72. The number of hydrogen-bond donors (Lipinski definition) is 2. The van der Waals surface area contributed by atoms with E-state index in [4.69, 9.17) is 21.4 Å². The van der Waals surface area contributed by atoms with Crippen molar-refractivity contribution in [3.63, 3.8) is 0 Å². The molecule has 0 saturated heterocycles. The fraction of sp³-hybridized carbons (Fsp3) is 0.150. The van der Waals surface area contributed by atoms with Gasteiger partial charge in [0.15, 0.2) is 10.9 Å². The van der Waals surface area contributed by atoms with Crippen LogP contribution in [0.4, 0.5) is 5.69 Å². The van der Waals surface area contributed by atoms with E-state index in [1.54, 1.807) is 36.4 Å². The molecule has 3 aromatic rings. The molecule has 138 valence electrons. The zero-order valence-electron chi connectivity index (χ0n) is 14.7. The first-order valence-corrected chi connectivity index (χ1v) is 8.85. The van der Waals surface area contributed by atoms with Gasteiger partial charge in [-0.3, -0.25) is 10.1 Å². The number of furan rings is 1. The van der Waals surface area contributed by atoms with Crippen LogP contribution < -0.4 is 10.6 Å². The molecule has 0 spiro atoms. The second-order valence-corrected chi connectivity index (χ2v) is 6.18. The van der Waals surface area contributed by atoms with Gasteiger partial charge >= 0.3 is 5.97 Å². The maximum atomic E-state index is 12.3. The van der Waals surface area contributed by atoms with Gasteiger partial charge in [-0.2, -0.15) is 0 Å². The molecular formula is C20H18N2O4S. The highest BCUT2D eigenvalue weighted by Crippen LogP contribution is 2.18. The lowest BCUT2D eigenvalue weighted by Gasteiger charge is -2.09. The Morgan fingerprint density at radius 2 is 1.85 bits per heavy atom. The third-order valence-electron chi connectivity index (χ3n) is 3.69. The predicted molar refractivity (Wildman–Crippen MR) is 107 cm³/mol. The number of hydrogen-bond acceptors (Lipinski definition) is 5. The number of para-hydroxylation sites is 1. The van der Waals surface area contributed by atoms with Crippen LogP contribution in [0.3, 0.4) is 0 Å². The van der Waals surface area contributed by atoms with Crippen LogP contribution in [0.1, 0.15) is 34.3 Å². The average Bonchev–Trinajstić information content (AvgIpc) is 3.11. The van der Waals surface area contributed by atoms with Crippen LogP contribution in [0.15, 0.2) is 59.0 Å². The lowest BCUT2D eigenvalue weighted by Crippen LogP contribution is -2.33. The summed E-state index contributed by atoms with van der Waals surface area (Å²) in [6, 6.07) is 15.6. The molecule has 0 aliphatic rings. The Hall–Kier alpha value is -3.19. The molecular weight excluding hydrogens is 364 g/mol. The number of esters is 1. The summed E-state index contributed by atoms with van der Waals surface area (Å²) in [6.45, 7) is 2.32. The first-order chi connectivity index (χ1) is 13.1. The van der Waals surface area contributed by atoms with Gasteiger partial charge in [0.25, 0.3) is 5.91 Å². The Balaban J connectivity index is 1.58. The van der Waals surface area contributed by atoms with Gasteiger partial charge in [0.1, 0.15) is 5.58 Å². The smallest absolute Gasteiger partial charge is 0.338 e. The van der Waals surface area contributed by atoms with Gasteiger partial charge < -0.3 is 14.5 Å². The fourth-order valence-electron chi connectivity index (χ4n) is 2.39. The van der Waals surface area contributed by atoms with Crippen molar-refractivity contribution in [2.75, 3.05) is 11.9 Å². The van der Waals surface area contributed by atoms with Crippen LogP contribution in [0.5, 0.6) is 0 Å². The van der Waals surface area contributed by atoms with Gasteiger partial charge in [0.2, 0.25) is 0 Å². The minimum atomic E-state index is -0.441. The highest BCUT2D eigenvalue weighted by Gasteiger charge is 2.14. The number of amides is 1. The maximum Gasteiger partial charge on any atom is 0.338 e. The van der Waals surface area contributed by atoms with Gasteiger partial charge in [-0.1, -0.05) is 25.1 Å². The summed E-state index contributed by atoms with van der Waals surface area (Å²) in [5, 5.41) is 6.42. The van der Waals surface area contributed by atoms with E-state index in [-0.39, 0.29) is 16.8 Å². The molecule has 3 rings (SSSR count). The Labute approximate surface area is 161 Å². The quantitative estimate of drug-likeness (QED) is 0.510. The van der Waals surface area contributed by atoms with Crippen molar-refractivity contribution in [2.24, 2.45) is 0 Å². The number of ether oxygens (including phenoxy) is 1. The van der Waals surface area contributed by atoms with E-state index in [0.29, 0.717) is 23.4 Å². The summed E-state index contributed by atoms with van der Waals surface area (Å²) in [7, 11) is 0. The number of nitrogens with one attached hydrogen (secondary N) is 2. The van der Waals surface area contributed by atoms with Gasteiger partial charge in [0.05, 0.1) is 12.2 Å². The van der Waals surface area contributed by atoms with Crippen LogP contribution in [0.25, 0.3) is 11.0 Å². The maximum absolute atomic E-state index is 12.3. The third kappa shape index (κ3) is 4.71. The number of carbonyl (C=O) groups is 2. The molecule has 0 fully saturated rings. The number of fused-ring (bicyclic) bond motifs is 1. The van der Waals surface area contributed by atoms with Gasteiger partial charge in [-0.15, -0.1) is 0 Å². The van der Waals surface area contributed by atoms with Crippen molar-refractivity contribution >= 4 is 45.9 Å². The van der Waals surface area contributed by atoms with Crippen molar-refractivity contribution in [3.05, 3.63) is 65.9 Å². The number of anilines is 1. The largest absolute Gasteiger partial charge is 0.462 e. The standard InChI is InChI=1S/C20H18N2O4S/c1-2-11-25-19(24)13-7-9-15(10-8-13)21-20(27)22-18(23)17-12-14-5-3-4-6-16(14)26-17/h3-10,12H,2,11H2,1H3,(H2,21,22,23,27). The van der Waals surface area contributed by atoms with E-state index in [2.05, 4.69) is 10.6 Å². The molecule has 2 aromatic carbocycles. The summed E-state index contributed by atoms with van der Waals surface area (Å²) in [6.07, 6.45) is 0.768. The van der Waals surface area contributed by atoms with Crippen LogP contribution >= 0.6 is 12.2 Å². The van der Waals surface area contributed by atoms with E-state index in [1.165, 1.54) is 0 Å². The first kappa shape index (κ1) is 18.6. The predicted octanol–water partition coefficient (Wildman–Crippen LogP) is 4.13. The normalized spacial score (nSPS) is 10.4. The molecule has 0 saturated carbocycles. The average molecular weight is 382 g/mol. The highest BCUT2D eigenvalue weighted by molar-refractivity contribution is 7.80. The second kappa shape index (κ2) is 8.46. The Morgan fingerprint density at radius 1 is 1.11 bits per heavy atom. The lowest BCUT2D eigenvalue weighted by molar-refractivity contribution is 0.0505. The third-order valence-corrected chi connectivity index (χ3v) is 3.90. The van der Waals surface area contributed by atoms with Crippen molar-refractivity contribution < 1.29 is 18.7 Å². The summed E-state index contributed by atoms with van der Waals surface area (Å²) in [5.74, 6) is -0.637. The monoisotopic (exact) mass is 382 g/mol. The molecule has 7 heteroatoms. The van der Waals surface area contributed by atoms with Crippen LogP contribution in [0.2, 0.25) is 0 Å². The van der Waals surface area contributed by atoms with Crippen LogP contribution in [0, 0.1) is 0 Å². The molecule has 0 atom stereocenters. The molecule has 0 unspecified atom stereocenters. The van der Waals surface area contributed by atoms with Crippen LogP contribution in [-0.4, -0.2) is 23.6 Å². The van der Waals surface area contributed by atoms with E-state index >= 15 is 0 Å². The summed E-state index contributed by atoms with van der Waals surface area (Å²) < 4.78 is 10.6. The van der Waals surface area contributed by atoms with Crippen molar-refractivity contribution in [1.82, 2.24) is 5.32 Å².